The van der Waals surface area contributed by atoms with Gasteiger partial charge >= 0.3 is 12.3 Å². The number of hydrogen-bond donors (Lipinski definition) is 1. The summed E-state index contributed by atoms with van der Waals surface area (Å²) >= 11 is 0. The lowest BCUT2D eigenvalue weighted by Gasteiger charge is -2.34. The van der Waals surface area contributed by atoms with Crippen LogP contribution < -0.4 is 10.1 Å². The Balaban J connectivity index is 1.21. The first-order chi connectivity index (χ1) is 16.2. The second kappa shape index (κ2) is 9.72. The average molecular weight is 477 g/mol. The van der Waals surface area contributed by atoms with Gasteiger partial charge in [0, 0.05) is 37.4 Å². The largest absolute Gasteiger partial charge is 0.573 e. The lowest BCUT2D eigenvalue weighted by molar-refractivity contribution is -0.274. The summed E-state index contributed by atoms with van der Waals surface area (Å²) in [6, 6.07) is 11.9. The van der Waals surface area contributed by atoms with Gasteiger partial charge in [0.25, 0.3) is 0 Å². The van der Waals surface area contributed by atoms with Gasteiger partial charge in [-0.2, -0.15) is 0 Å². The predicted molar refractivity (Wildman–Crippen MR) is 114 cm³/mol. The molecule has 0 aliphatic carbocycles. The summed E-state index contributed by atoms with van der Waals surface area (Å²) in [6.45, 7) is 1.91. The lowest BCUT2D eigenvalue weighted by atomic mass is 10.0. The molecule has 34 heavy (non-hydrogen) atoms. The number of hydrogen-bond acceptors (Lipinski definition) is 6. The van der Waals surface area contributed by atoms with E-state index in [1.54, 1.807) is 29.2 Å². The number of anilines is 1. The van der Waals surface area contributed by atoms with E-state index in [1.165, 1.54) is 12.1 Å². The first-order valence-electron chi connectivity index (χ1n) is 10.6. The van der Waals surface area contributed by atoms with Crippen molar-refractivity contribution in [3.63, 3.8) is 0 Å². The quantitative estimate of drug-likeness (QED) is 0.644. The summed E-state index contributed by atoms with van der Waals surface area (Å²) < 4.78 is 45.8. The highest BCUT2D eigenvalue weighted by Gasteiger charge is 2.34. The Labute approximate surface area is 193 Å². The Morgan fingerprint density at radius 3 is 2.38 bits per heavy atom. The standard InChI is InChI=1S/C23H22F3N3O5/c24-23(25,26)34-16-7-5-15(6-8-16)27-20(30)14-28-9-11-29(12-10-28)21(31)13-19-17-3-1-2-4-18(17)22(32)33-19/h1-8,19H,9-14H2,(H,27,30)/t19-/m0/s1. The number of carbonyl (C=O) groups excluding carboxylic acids is 3. The highest BCUT2D eigenvalue weighted by atomic mass is 19.4. The molecule has 2 aliphatic heterocycles. The molecular weight excluding hydrogens is 455 g/mol. The van der Waals surface area contributed by atoms with E-state index in [-0.39, 0.29) is 30.5 Å². The normalized spacial score (nSPS) is 18.3. The molecule has 11 heteroatoms. The monoisotopic (exact) mass is 477 g/mol. The molecule has 1 fully saturated rings. The van der Waals surface area contributed by atoms with Crippen molar-refractivity contribution in [1.82, 2.24) is 9.80 Å². The molecule has 2 aromatic rings. The van der Waals surface area contributed by atoms with Crippen LogP contribution in [0, 0.1) is 0 Å². The minimum absolute atomic E-state index is 0.0668. The van der Waals surface area contributed by atoms with Gasteiger partial charge < -0.3 is 19.7 Å². The number of halogens is 3. The molecule has 2 aliphatic rings. The molecule has 1 atom stereocenters. The van der Waals surface area contributed by atoms with Crippen molar-refractivity contribution in [2.75, 3.05) is 38.0 Å². The Kier molecular flexibility index (Phi) is 6.73. The Hall–Kier alpha value is -3.60. The van der Waals surface area contributed by atoms with Gasteiger partial charge in [-0.15, -0.1) is 13.2 Å². The maximum Gasteiger partial charge on any atom is 0.573 e. The number of cyclic esters (lactones) is 1. The van der Waals surface area contributed by atoms with E-state index in [1.807, 2.05) is 4.90 Å². The molecule has 0 spiro atoms. The fourth-order valence-electron chi connectivity index (χ4n) is 3.96. The molecule has 4 rings (SSSR count). The van der Waals surface area contributed by atoms with Crippen molar-refractivity contribution in [2.24, 2.45) is 0 Å². The zero-order valence-electron chi connectivity index (χ0n) is 18.0. The number of amides is 2. The van der Waals surface area contributed by atoms with E-state index < -0.39 is 18.4 Å². The molecule has 2 aromatic carbocycles. The van der Waals surface area contributed by atoms with E-state index in [0.717, 1.165) is 12.1 Å². The fourth-order valence-corrected chi connectivity index (χ4v) is 3.96. The van der Waals surface area contributed by atoms with E-state index in [9.17, 15) is 27.6 Å². The number of alkyl halides is 3. The van der Waals surface area contributed by atoms with Crippen LogP contribution in [0.2, 0.25) is 0 Å². The molecule has 8 nitrogen and oxygen atoms in total. The van der Waals surface area contributed by atoms with Crippen LogP contribution in [0.5, 0.6) is 5.75 Å². The molecule has 2 amide bonds. The van der Waals surface area contributed by atoms with E-state index in [4.69, 9.17) is 4.74 Å². The second-order valence-electron chi connectivity index (χ2n) is 7.96. The number of nitrogens with one attached hydrogen (secondary N) is 1. The highest BCUT2D eigenvalue weighted by Crippen LogP contribution is 2.33. The maximum atomic E-state index is 12.7. The molecule has 2 heterocycles. The van der Waals surface area contributed by atoms with E-state index in [2.05, 4.69) is 10.1 Å². The molecule has 1 N–H and O–H groups in total. The van der Waals surface area contributed by atoms with Gasteiger partial charge in [-0.1, -0.05) is 18.2 Å². The zero-order chi connectivity index (χ0) is 24.3. The number of nitrogens with zero attached hydrogens (tertiary/aromatic N) is 2. The molecule has 0 unspecified atom stereocenters. The Morgan fingerprint density at radius 2 is 1.71 bits per heavy atom. The first kappa shape index (κ1) is 23.6. The van der Waals surface area contributed by atoms with Gasteiger partial charge in [0.05, 0.1) is 18.5 Å². The van der Waals surface area contributed by atoms with Gasteiger partial charge in [-0.25, -0.2) is 4.79 Å². The maximum absolute atomic E-state index is 12.7. The van der Waals surface area contributed by atoms with Gasteiger partial charge in [0.2, 0.25) is 11.8 Å². The second-order valence-corrected chi connectivity index (χ2v) is 7.96. The van der Waals surface area contributed by atoms with Crippen LogP contribution in [-0.2, 0) is 14.3 Å². The molecule has 0 radical (unpaired) electrons. The number of piperazine rings is 1. The molecule has 1 saturated heterocycles. The van der Waals surface area contributed by atoms with Gasteiger partial charge in [0.1, 0.15) is 11.9 Å². The third-order valence-corrected chi connectivity index (χ3v) is 5.60. The molecular formula is C23H22F3N3O5. The number of ether oxygens (including phenoxy) is 2. The van der Waals surface area contributed by atoms with Crippen LogP contribution in [0.15, 0.2) is 48.5 Å². The van der Waals surface area contributed by atoms with Gasteiger partial charge in [-0.3, -0.25) is 14.5 Å². The van der Waals surface area contributed by atoms with E-state index in [0.29, 0.717) is 43.0 Å². The van der Waals surface area contributed by atoms with Crippen LogP contribution in [0.25, 0.3) is 0 Å². The molecule has 0 saturated carbocycles. The molecule has 0 aromatic heterocycles. The van der Waals surface area contributed by atoms with Crippen molar-refractivity contribution in [3.8, 4) is 5.75 Å². The third-order valence-electron chi connectivity index (χ3n) is 5.60. The number of benzene rings is 2. The van der Waals surface area contributed by atoms with Gasteiger partial charge in [-0.05, 0) is 30.3 Å². The van der Waals surface area contributed by atoms with Crippen LogP contribution in [0.4, 0.5) is 18.9 Å². The van der Waals surface area contributed by atoms with Crippen LogP contribution in [0.3, 0.4) is 0 Å². The summed E-state index contributed by atoms with van der Waals surface area (Å²) in [6.07, 6.45) is -5.30. The summed E-state index contributed by atoms with van der Waals surface area (Å²) in [5.74, 6) is -1.24. The van der Waals surface area contributed by atoms with Crippen molar-refractivity contribution in [3.05, 3.63) is 59.7 Å². The summed E-state index contributed by atoms with van der Waals surface area (Å²) in [5, 5.41) is 2.63. The number of fused-ring (bicyclic) bond motifs is 1. The lowest BCUT2D eigenvalue weighted by Crippen LogP contribution is -2.50. The smallest absolute Gasteiger partial charge is 0.453 e. The predicted octanol–water partition coefficient (Wildman–Crippen LogP) is 2.97. The minimum Gasteiger partial charge on any atom is -0.453 e. The van der Waals surface area contributed by atoms with Crippen molar-refractivity contribution in [1.29, 1.82) is 0 Å². The molecule has 0 bridgehead atoms. The fraction of sp³-hybridized carbons (Fsp3) is 0.348. The van der Waals surface area contributed by atoms with Crippen LogP contribution in [0.1, 0.15) is 28.4 Å². The number of esters is 1. The topological polar surface area (TPSA) is 88.2 Å². The Bertz CT molecular complexity index is 1070. The number of rotatable bonds is 6. The summed E-state index contributed by atoms with van der Waals surface area (Å²) in [5.41, 5.74) is 1.55. The van der Waals surface area contributed by atoms with Crippen LogP contribution in [-0.4, -0.2) is 66.7 Å². The first-order valence-corrected chi connectivity index (χ1v) is 10.6. The highest BCUT2D eigenvalue weighted by molar-refractivity contribution is 5.95. The van der Waals surface area contributed by atoms with Gasteiger partial charge in [0.15, 0.2) is 0 Å². The van der Waals surface area contributed by atoms with Crippen molar-refractivity contribution in [2.45, 2.75) is 18.9 Å². The van der Waals surface area contributed by atoms with Crippen molar-refractivity contribution < 1.29 is 37.0 Å². The third kappa shape index (κ3) is 5.84. The summed E-state index contributed by atoms with van der Waals surface area (Å²) in [7, 11) is 0. The number of carbonyl (C=O) groups is 3. The summed E-state index contributed by atoms with van der Waals surface area (Å²) in [4.78, 5) is 40.5. The minimum atomic E-state index is -4.78. The Morgan fingerprint density at radius 1 is 1.03 bits per heavy atom. The van der Waals surface area contributed by atoms with Crippen molar-refractivity contribution >= 4 is 23.5 Å². The van der Waals surface area contributed by atoms with Crippen LogP contribution >= 0.6 is 0 Å². The zero-order valence-corrected chi connectivity index (χ0v) is 18.0. The molecule has 180 valence electrons. The average Bonchev–Trinajstić information content (AvgIpc) is 3.10. The van der Waals surface area contributed by atoms with E-state index >= 15 is 0 Å². The SMILES string of the molecule is O=C(CN1CCN(C(=O)C[C@@H]2OC(=O)c3ccccc32)CC1)Nc1ccc(OC(F)(F)F)cc1.